The van der Waals surface area contributed by atoms with Gasteiger partial charge < -0.3 is 9.84 Å². The topological polar surface area (TPSA) is 50.8 Å². The zero-order chi connectivity index (χ0) is 8.81. The van der Waals surface area contributed by atoms with Gasteiger partial charge in [-0.3, -0.25) is 4.57 Å². The van der Waals surface area contributed by atoms with E-state index in [4.69, 9.17) is 9.15 Å². The Balaban J connectivity index is 2.15. The molecule has 1 rings (SSSR count). The lowest BCUT2D eigenvalue weighted by molar-refractivity contribution is -0.0712. The first-order chi connectivity index (χ1) is 5.83. The minimum absolute atomic E-state index is 0.434. The molecule has 0 spiro atoms. The molecule has 0 radical (unpaired) electrons. The number of nitrogens with zero attached hydrogens (tertiary/aromatic N) is 1. The van der Waals surface area contributed by atoms with Crippen LogP contribution >= 0.6 is 8.25 Å². The highest BCUT2D eigenvalue weighted by atomic mass is 31.1. The zero-order valence-electron chi connectivity index (χ0n) is 7.21. The Morgan fingerprint density at radius 3 is 2.75 bits per heavy atom. The molecule has 0 aromatic carbocycles. The highest BCUT2D eigenvalue weighted by Crippen LogP contribution is 2.24. The molecule has 12 heavy (non-hydrogen) atoms. The standard InChI is InChI=1S/C6H15N2O3P/c1-2-10-12(9)11-8-5-3-7-4-6-8/h7,12H,2-6H2,1H3. The van der Waals surface area contributed by atoms with E-state index in [1.54, 1.807) is 12.0 Å². The van der Waals surface area contributed by atoms with Crippen molar-refractivity contribution in [3.05, 3.63) is 0 Å². The lowest BCUT2D eigenvalue weighted by Gasteiger charge is -2.25. The molecule has 1 unspecified atom stereocenters. The third-order valence-corrected chi connectivity index (χ3v) is 2.47. The van der Waals surface area contributed by atoms with Gasteiger partial charge in [0.15, 0.2) is 0 Å². The van der Waals surface area contributed by atoms with Crippen LogP contribution in [0.4, 0.5) is 0 Å². The summed E-state index contributed by atoms with van der Waals surface area (Å²) in [6.07, 6.45) is 0. The highest BCUT2D eigenvalue weighted by Gasteiger charge is 2.12. The van der Waals surface area contributed by atoms with Crippen LogP contribution in [-0.4, -0.2) is 37.8 Å². The van der Waals surface area contributed by atoms with E-state index in [0.717, 1.165) is 26.2 Å². The summed E-state index contributed by atoms with van der Waals surface area (Å²) in [5.74, 6) is 0. The lowest BCUT2D eigenvalue weighted by atomic mass is 10.4. The Bertz CT molecular complexity index is 150. The molecule has 1 saturated heterocycles. The van der Waals surface area contributed by atoms with Gasteiger partial charge in [-0.2, -0.15) is 5.06 Å². The molecular formula is C6H15N2O3P. The number of hydroxylamine groups is 2. The van der Waals surface area contributed by atoms with E-state index in [1.807, 2.05) is 0 Å². The fourth-order valence-corrected chi connectivity index (χ4v) is 1.67. The van der Waals surface area contributed by atoms with Gasteiger partial charge in [-0.25, -0.2) is 4.62 Å². The van der Waals surface area contributed by atoms with Crippen molar-refractivity contribution < 1.29 is 13.7 Å². The van der Waals surface area contributed by atoms with E-state index in [2.05, 4.69) is 5.32 Å². The fourth-order valence-electron chi connectivity index (χ4n) is 0.985. The minimum atomic E-state index is -2.29. The molecule has 0 aliphatic carbocycles. The Morgan fingerprint density at radius 2 is 2.17 bits per heavy atom. The predicted octanol–water partition coefficient (Wildman–Crippen LogP) is 0.249. The third kappa shape index (κ3) is 3.65. The summed E-state index contributed by atoms with van der Waals surface area (Å²) >= 11 is 0. The maximum Gasteiger partial charge on any atom is 0.335 e. The second-order valence-corrected chi connectivity index (χ2v) is 3.42. The monoisotopic (exact) mass is 194 g/mol. The quantitative estimate of drug-likeness (QED) is 0.650. The van der Waals surface area contributed by atoms with Gasteiger partial charge in [-0.1, -0.05) is 0 Å². The van der Waals surface area contributed by atoms with Gasteiger partial charge in [0.1, 0.15) is 0 Å². The number of rotatable bonds is 4. The summed E-state index contributed by atoms with van der Waals surface area (Å²) in [5, 5.41) is 4.85. The smallest absolute Gasteiger partial charge is 0.314 e. The van der Waals surface area contributed by atoms with Gasteiger partial charge in [0.05, 0.1) is 6.61 Å². The van der Waals surface area contributed by atoms with Crippen molar-refractivity contribution in [3.63, 3.8) is 0 Å². The van der Waals surface area contributed by atoms with Crippen molar-refractivity contribution in [1.82, 2.24) is 10.4 Å². The first kappa shape index (κ1) is 10.2. The van der Waals surface area contributed by atoms with Gasteiger partial charge >= 0.3 is 8.25 Å². The van der Waals surface area contributed by atoms with Crippen LogP contribution in [0.5, 0.6) is 0 Å². The first-order valence-electron chi connectivity index (χ1n) is 4.13. The number of hydrogen-bond donors (Lipinski definition) is 1. The van der Waals surface area contributed by atoms with Crippen LogP contribution in [0.2, 0.25) is 0 Å². The normalized spacial score (nSPS) is 22.4. The van der Waals surface area contributed by atoms with Crippen LogP contribution in [0, 0.1) is 0 Å². The Hall–Kier alpha value is 0.0700. The molecule has 6 heteroatoms. The molecule has 1 atom stereocenters. The van der Waals surface area contributed by atoms with Gasteiger partial charge in [0, 0.05) is 26.2 Å². The summed E-state index contributed by atoms with van der Waals surface area (Å²) in [6.45, 7) is 5.52. The van der Waals surface area contributed by atoms with Crippen molar-refractivity contribution in [2.24, 2.45) is 0 Å². The fraction of sp³-hybridized carbons (Fsp3) is 1.00. The molecule has 1 aliphatic heterocycles. The van der Waals surface area contributed by atoms with E-state index in [1.165, 1.54) is 0 Å². The van der Waals surface area contributed by atoms with Gasteiger partial charge in [-0.05, 0) is 6.92 Å². The molecule has 5 nitrogen and oxygen atoms in total. The highest BCUT2D eigenvalue weighted by molar-refractivity contribution is 7.33. The van der Waals surface area contributed by atoms with Crippen LogP contribution in [0.3, 0.4) is 0 Å². The Labute approximate surface area is 72.9 Å². The molecule has 1 N–H and O–H groups in total. The average Bonchev–Trinajstić information content (AvgIpc) is 2.06. The summed E-state index contributed by atoms with van der Waals surface area (Å²) in [6, 6.07) is 0. The van der Waals surface area contributed by atoms with Crippen molar-refractivity contribution in [1.29, 1.82) is 0 Å². The van der Waals surface area contributed by atoms with Crippen LogP contribution in [0.15, 0.2) is 0 Å². The molecule has 1 aliphatic rings. The summed E-state index contributed by atoms with van der Waals surface area (Å²) in [4.78, 5) is 0. The first-order valence-corrected chi connectivity index (χ1v) is 5.36. The molecule has 0 aromatic rings. The van der Waals surface area contributed by atoms with E-state index < -0.39 is 8.25 Å². The van der Waals surface area contributed by atoms with Crippen molar-refractivity contribution in [3.8, 4) is 0 Å². The van der Waals surface area contributed by atoms with Crippen LogP contribution in [-0.2, 0) is 13.7 Å². The van der Waals surface area contributed by atoms with E-state index in [0.29, 0.717) is 6.61 Å². The number of nitrogens with one attached hydrogen (secondary N) is 1. The van der Waals surface area contributed by atoms with Crippen LogP contribution in [0.25, 0.3) is 0 Å². The van der Waals surface area contributed by atoms with Crippen molar-refractivity contribution in [2.75, 3.05) is 32.8 Å². The molecule has 72 valence electrons. The maximum absolute atomic E-state index is 11.0. The molecule has 1 fully saturated rings. The molecule has 0 saturated carbocycles. The second-order valence-electron chi connectivity index (χ2n) is 2.45. The molecular weight excluding hydrogens is 179 g/mol. The molecule has 1 heterocycles. The van der Waals surface area contributed by atoms with Crippen LogP contribution < -0.4 is 5.32 Å². The summed E-state index contributed by atoms with van der Waals surface area (Å²) in [7, 11) is -2.29. The minimum Gasteiger partial charge on any atom is -0.314 e. The maximum atomic E-state index is 11.0. The number of hydrogen-bond acceptors (Lipinski definition) is 5. The Morgan fingerprint density at radius 1 is 1.50 bits per heavy atom. The molecule has 0 aromatic heterocycles. The summed E-state index contributed by atoms with van der Waals surface area (Å²) < 4.78 is 20.8. The molecule has 0 bridgehead atoms. The Kier molecular flexibility index (Phi) is 4.80. The summed E-state index contributed by atoms with van der Waals surface area (Å²) in [5.41, 5.74) is 0. The van der Waals surface area contributed by atoms with E-state index in [-0.39, 0.29) is 0 Å². The zero-order valence-corrected chi connectivity index (χ0v) is 8.21. The van der Waals surface area contributed by atoms with Gasteiger partial charge in [0.25, 0.3) is 0 Å². The van der Waals surface area contributed by atoms with Gasteiger partial charge in [0.2, 0.25) is 0 Å². The second kappa shape index (κ2) is 5.67. The van der Waals surface area contributed by atoms with Crippen molar-refractivity contribution >= 4 is 8.25 Å². The van der Waals surface area contributed by atoms with Gasteiger partial charge in [-0.15, -0.1) is 0 Å². The SMILES string of the molecule is CCO[PH](=O)ON1CCNCC1. The van der Waals surface area contributed by atoms with Crippen molar-refractivity contribution in [2.45, 2.75) is 6.92 Å². The van der Waals surface area contributed by atoms with E-state index in [9.17, 15) is 4.57 Å². The lowest BCUT2D eigenvalue weighted by Crippen LogP contribution is -2.42. The van der Waals surface area contributed by atoms with E-state index >= 15 is 0 Å². The average molecular weight is 194 g/mol. The van der Waals surface area contributed by atoms with Crippen LogP contribution in [0.1, 0.15) is 6.92 Å². The number of piperazine rings is 1. The molecule has 0 amide bonds. The third-order valence-electron chi connectivity index (χ3n) is 1.54. The largest absolute Gasteiger partial charge is 0.335 e. The predicted molar refractivity (Wildman–Crippen MR) is 46.2 cm³/mol.